The fourth-order valence-electron chi connectivity index (χ4n) is 7.06. The van der Waals surface area contributed by atoms with Crippen LogP contribution in [-0.4, -0.2) is 4.98 Å². The van der Waals surface area contributed by atoms with Crippen LogP contribution in [0, 0.1) is 0 Å². The van der Waals surface area contributed by atoms with Gasteiger partial charge in [0.1, 0.15) is 0 Å². The number of pyridine rings is 1. The highest BCUT2D eigenvalue weighted by atomic mass is 15.2. The van der Waals surface area contributed by atoms with Gasteiger partial charge in [-0.1, -0.05) is 54.6 Å². The Morgan fingerprint density at radius 1 is 0.514 bits per heavy atom. The van der Waals surface area contributed by atoms with E-state index in [-0.39, 0.29) is 0 Å². The number of hydrogen-bond acceptors (Lipinski definition) is 2. The van der Waals surface area contributed by atoms with Crippen molar-refractivity contribution in [1.29, 1.82) is 0 Å². The van der Waals surface area contributed by atoms with Crippen LogP contribution in [0.25, 0.3) is 22.3 Å². The Kier molecular flexibility index (Phi) is 3.27. The molecule has 164 valence electrons. The molecule has 9 rings (SSSR count). The topological polar surface area (TPSA) is 16.1 Å². The number of nitrogens with zero attached hydrogens (tertiary/aromatic N) is 2. The van der Waals surface area contributed by atoms with Gasteiger partial charge in [0.25, 0.3) is 0 Å². The standard InChI is InChI=1S/C33H22N2/c1-3-7-24-19(5-1)14-28-25(24)9-10-26-27-16-23-13-21-11-12-34-30-17-20-6-2-4-8-31(20)35(33(21)30)32(23)18-22(27)15-29(26)28/h1-12,16,18H,13-15,17H2. The average molecular weight is 447 g/mol. The monoisotopic (exact) mass is 446 g/mol. The largest absolute Gasteiger partial charge is 0.308 e. The average Bonchev–Trinajstić information content (AvgIpc) is 3.45. The fourth-order valence-corrected chi connectivity index (χ4v) is 7.06. The molecule has 4 aromatic carbocycles. The molecule has 35 heavy (non-hydrogen) atoms. The van der Waals surface area contributed by atoms with Gasteiger partial charge in [-0.3, -0.25) is 4.98 Å². The Labute approximate surface area is 204 Å². The summed E-state index contributed by atoms with van der Waals surface area (Å²) in [6.45, 7) is 0. The molecule has 0 atom stereocenters. The van der Waals surface area contributed by atoms with Gasteiger partial charge in [-0.05, 0) is 98.3 Å². The first-order valence-electron chi connectivity index (χ1n) is 12.6. The molecule has 0 saturated heterocycles. The van der Waals surface area contributed by atoms with Gasteiger partial charge >= 0.3 is 0 Å². The first-order valence-corrected chi connectivity index (χ1v) is 12.6. The molecule has 0 bridgehead atoms. The molecule has 0 fully saturated rings. The number of benzene rings is 4. The summed E-state index contributed by atoms with van der Waals surface area (Å²) >= 11 is 0. The lowest BCUT2D eigenvalue weighted by molar-refractivity contribution is 0.959. The van der Waals surface area contributed by atoms with Gasteiger partial charge in [-0.2, -0.15) is 0 Å². The van der Waals surface area contributed by atoms with Crippen LogP contribution in [0.15, 0.2) is 85.1 Å². The highest BCUT2D eigenvalue weighted by Gasteiger charge is 2.34. The molecule has 3 heterocycles. The lowest BCUT2D eigenvalue weighted by Crippen LogP contribution is -2.25. The van der Waals surface area contributed by atoms with E-state index in [4.69, 9.17) is 4.98 Å². The molecule has 0 spiro atoms. The summed E-state index contributed by atoms with van der Waals surface area (Å²) in [5.74, 6) is 0. The van der Waals surface area contributed by atoms with Gasteiger partial charge in [0.15, 0.2) is 0 Å². The molecule has 1 aromatic heterocycles. The maximum atomic E-state index is 4.81. The first kappa shape index (κ1) is 18.2. The number of anilines is 3. The second-order valence-electron chi connectivity index (χ2n) is 10.3. The second-order valence-corrected chi connectivity index (χ2v) is 10.3. The molecular formula is C33H22N2. The highest BCUT2D eigenvalue weighted by molar-refractivity contribution is 5.93. The number of para-hydroxylation sites is 1. The van der Waals surface area contributed by atoms with E-state index in [1.807, 2.05) is 6.20 Å². The van der Waals surface area contributed by atoms with Crippen molar-refractivity contribution < 1.29 is 0 Å². The van der Waals surface area contributed by atoms with Crippen molar-refractivity contribution in [3.8, 4) is 22.3 Å². The third-order valence-corrected chi connectivity index (χ3v) is 8.59. The third-order valence-electron chi connectivity index (χ3n) is 8.59. The molecule has 0 saturated carbocycles. The Morgan fingerprint density at radius 3 is 2.20 bits per heavy atom. The molecule has 2 nitrogen and oxygen atoms in total. The Morgan fingerprint density at radius 2 is 1.29 bits per heavy atom. The van der Waals surface area contributed by atoms with Crippen LogP contribution in [-0.2, 0) is 25.7 Å². The molecule has 5 aromatic rings. The van der Waals surface area contributed by atoms with Crippen LogP contribution in [0.1, 0.15) is 44.6 Å². The molecule has 2 heteroatoms. The van der Waals surface area contributed by atoms with Gasteiger partial charge < -0.3 is 4.90 Å². The molecule has 0 N–H and O–H groups in total. The van der Waals surface area contributed by atoms with Crippen molar-refractivity contribution in [3.63, 3.8) is 0 Å². The maximum absolute atomic E-state index is 4.81. The minimum absolute atomic E-state index is 0.911. The van der Waals surface area contributed by atoms with E-state index in [1.165, 1.54) is 84.0 Å². The van der Waals surface area contributed by atoms with E-state index in [2.05, 4.69) is 83.8 Å². The zero-order valence-corrected chi connectivity index (χ0v) is 19.3. The summed E-state index contributed by atoms with van der Waals surface area (Å²) in [4.78, 5) is 7.31. The van der Waals surface area contributed by atoms with Gasteiger partial charge in [-0.15, -0.1) is 0 Å². The summed E-state index contributed by atoms with van der Waals surface area (Å²) in [6, 6.07) is 29.7. The van der Waals surface area contributed by atoms with Crippen molar-refractivity contribution in [2.75, 3.05) is 4.90 Å². The van der Waals surface area contributed by atoms with Crippen LogP contribution in [0.2, 0.25) is 0 Å². The predicted molar refractivity (Wildman–Crippen MR) is 141 cm³/mol. The van der Waals surface area contributed by atoms with Crippen LogP contribution >= 0.6 is 0 Å². The zero-order valence-electron chi connectivity index (χ0n) is 19.3. The van der Waals surface area contributed by atoms with E-state index in [0.717, 1.165) is 25.7 Å². The maximum Gasteiger partial charge on any atom is 0.0716 e. The van der Waals surface area contributed by atoms with Crippen LogP contribution < -0.4 is 4.90 Å². The molecule has 0 radical (unpaired) electrons. The normalized spacial score (nSPS) is 14.9. The summed E-state index contributed by atoms with van der Waals surface area (Å²) in [5.41, 5.74) is 21.0. The van der Waals surface area contributed by atoms with Crippen LogP contribution in [0.5, 0.6) is 0 Å². The van der Waals surface area contributed by atoms with Crippen LogP contribution in [0.4, 0.5) is 17.1 Å². The van der Waals surface area contributed by atoms with E-state index in [1.54, 1.807) is 0 Å². The lowest BCUT2D eigenvalue weighted by Gasteiger charge is -2.39. The minimum atomic E-state index is 0.911. The van der Waals surface area contributed by atoms with E-state index in [0.29, 0.717) is 0 Å². The molecule has 0 unspecified atom stereocenters. The fraction of sp³-hybridized carbons (Fsp3) is 0.121. The third kappa shape index (κ3) is 2.27. The van der Waals surface area contributed by atoms with E-state index >= 15 is 0 Å². The summed E-state index contributed by atoms with van der Waals surface area (Å²) in [7, 11) is 0. The first-order chi connectivity index (χ1) is 17.3. The Hall–Kier alpha value is -4.17. The van der Waals surface area contributed by atoms with Crippen molar-refractivity contribution in [2.24, 2.45) is 0 Å². The van der Waals surface area contributed by atoms with Gasteiger partial charge in [-0.25, -0.2) is 0 Å². The Balaban J connectivity index is 1.24. The van der Waals surface area contributed by atoms with Crippen LogP contribution in [0.3, 0.4) is 0 Å². The number of aromatic nitrogens is 1. The number of rotatable bonds is 0. The quantitative estimate of drug-likeness (QED) is 0.240. The second kappa shape index (κ2) is 6.28. The number of hydrogen-bond donors (Lipinski definition) is 0. The summed E-state index contributed by atoms with van der Waals surface area (Å²) in [5, 5.41) is 0. The number of fused-ring (bicyclic) bond motifs is 11. The molecule has 4 aliphatic rings. The van der Waals surface area contributed by atoms with Crippen molar-refractivity contribution in [1.82, 2.24) is 4.98 Å². The molecule has 2 aliphatic carbocycles. The lowest BCUT2D eigenvalue weighted by atomic mass is 9.87. The summed E-state index contributed by atoms with van der Waals surface area (Å²) in [6.07, 6.45) is 5.96. The smallest absolute Gasteiger partial charge is 0.0716 e. The zero-order chi connectivity index (χ0) is 22.7. The van der Waals surface area contributed by atoms with E-state index < -0.39 is 0 Å². The van der Waals surface area contributed by atoms with Gasteiger partial charge in [0.2, 0.25) is 0 Å². The SMILES string of the molecule is c1ccc2c(c1)Cc1c-2ccc2c1Cc1cc3c(cc1-2)Cc1ccnc2c1N3c1ccccc1C2. The van der Waals surface area contributed by atoms with Crippen molar-refractivity contribution in [2.45, 2.75) is 25.7 Å². The molecular weight excluding hydrogens is 424 g/mol. The minimum Gasteiger partial charge on any atom is -0.308 e. The predicted octanol–water partition coefficient (Wildman–Crippen LogP) is 7.50. The van der Waals surface area contributed by atoms with E-state index in [9.17, 15) is 0 Å². The van der Waals surface area contributed by atoms with Gasteiger partial charge in [0, 0.05) is 24.7 Å². The van der Waals surface area contributed by atoms with Crippen molar-refractivity contribution >= 4 is 17.1 Å². The Bertz CT molecular complexity index is 1760. The van der Waals surface area contributed by atoms with Gasteiger partial charge in [0.05, 0.1) is 17.1 Å². The van der Waals surface area contributed by atoms with Crippen molar-refractivity contribution in [3.05, 3.63) is 130 Å². The molecule has 0 amide bonds. The molecule has 2 aliphatic heterocycles. The summed E-state index contributed by atoms with van der Waals surface area (Å²) < 4.78 is 0. The highest BCUT2D eigenvalue weighted by Crippen LogP contribution is 2.53.